The first-order valence-corrected chi connectivity index (χ1v) is 6.83. The highest BCUT2D eigenvalue weighted by Gasteiger charge is 2.24. The molecule has 1 aliphatic carbocycles. The summed E-state index contributed by atoms with van der Waals surface area (Å²) < 4.78 is 4.54. The maximum absolute atomic E-state index is 11.8. The Balaban J connectivity index is 2.20. The maximum atomic E-state index is 11.8. The number of methoxy groups -OCH3 is 1. The third kappa shape index (κ3) is 3.03. The van der Waals surface area contributed by atoms with Crippen molar-refractivity contribution in [1.82, 2.24) is 9.97 Å². The molecule has 1 aromatic heterocycles. The van der Waals surface area contributed by atoms with Crippen molar-refractivity contribution < 1.29 is 9.53 Å². The third-order valence-electron chi connectivity index (χ3n) is 3.97. The molecule has 1 N–H and O–H groups in total. The second-order valence-corrected chi connectivity index (χ2v) is 5.14. The van der Waals surface area contributed by atoms with Gasteiger partial charge in [-0.05, 0) is 18.8 Å². The number of carbonyl (C=O) groups is 1. The van der Waals surface area contributed by atoms with Crippen LogP contribution in [0.1, 0.15) is 61.1 Å². The Bertz CT molecular complexity index is 510. The van der Waals surface area contributed by atoms with E-state index in [1.807, 2.05) is 0 Å². The monoisotopic (exact) mass is 264 g/mol. The lowest BCUT2D eigenvalue weighted by atomic mass is 9.80. The van der Waals surface area contributed by atoms with Crippen LogP contribution in [0.3, 0.4) is 0 Å². The minimum atomic E-state index is -0.643. The normalized spacial score (nSPS) is 23.1. The van der Waals surface area contributed by atoms with Gasteiger partial charge < -0.3 is 9.72 Å². The van der Waals surface area contributed by atoms with Crippen LogP contribution in [-0.4, -0.2) is 23.0 Å². The lowest BCUT2D eigenvalue weighted by molar-refractivity contribution is 0.0598. The molecule has 2 rings (SSSR count). The van der Waals surface area contributed by atoms with E-state index in [0.29, 0.717) is 17.7 Å². The van der Waals surface area contributed by atoms with Crippen LogP contribution in [0.4, 0.5) is 0 Å². The molecule has 0 spiro atoms. The van der Waals surface area contributed by atoms with Gasteiger partial charge in [-0.3, -0.25) is 4.79 Å². The second-order valence-electron chi connectivity index (χ2n) is 5.14. The summed E-state index contributed by atoms with van der Waals surface area (Å²) in [7, 11) is 1.25. The molecule has 104 valence electrons. The van der Waals surface area contributed by atoms with Crippen LogP contribution in [0.15, 0.2) is 11.0 Å². The highest BCUT2D eigenvalue weighted by atomic mass is 16.5. The molecule has 2 unspecified atom stereocenters. The maximum Gasteiger partial charge on any atom is 0.345 e. The van der Waals surface area contributed by atoms with Gasteiger partial charge in [0.05, 0.1) is 7.11 Å². The zero-order valence-corrected chi connectivity index (χ0v) is 11.4. The summed E-state index contributed by atoms with van der Waals surface area (Å²) in [6.07, 6.45) is 7.05. The first-order valence-electron chi connectivity index (χ1n) is 6.83. The van der Waals surface area contributed by atoms with Crippen molar-refractivity contribution in [2.24, 2.45) is 5.92 Å². The van der Waals surface area contributed by atoms with Crippen LogP contribution < -0.4 is 5.56 Å². The van der Waals surface area contributed by atoms with Crippen LogP contribution in [-0.2, 0) is 4.74 Å². The van der Waals surface area contributed by atoms with Crippen LogP contribution in [0.2, 0.25) is 0 Å². The zero-order valence-electron chi connectivity index (χ0n) is 11.4. The molecule has 1 fully saturated rings. The minimum Gasteiger partial charge on any atom is -0.465 e. The lowest BCUT2D eigenvalue weighted by Crippen LogP contribution is -2.24. The quantitative estimate of drug-likeness (QED) is 0.850. The molecular weight excluding hydrogens is 244 g/mol. The Morgan fingerprint density at radius 2 is 2.32 bits per heavy atom. The highest BCUT2D eigenvalue weighted by molar-refractivity contribution is 5.88. The molecule has 0 bridgehead atoms. The Labute approximate surface area is 112 Å². The topological polar surface area (TPSA) is 72.0 Å². The SMILES string of the molecule is CCC1CCCC(c2ncc(C(=O)OC)c(=O)[nH]2)C1. The molecule has 1 heterocycles. The number of rotatable bonds is 3. The summed E-state index contributed by atoms with van der Waals surface area (Å²) in [4.78, 5) is 30.2. The van der Waals surface area contributed by atoms with Gasteiger partial charge in [0, 0.05) is 12.1 Å². The van der Waals surface area contributed by atoms with E-state index in [-0.39, 0.29) is 5.56 Å². The van der Waals surface area contributed by atoms with E-state index in [4.69, 9.17) is 0 Å². The van der Waals surface area contributed by atoms with E-state index in [9.17, 15) is 9.59 Å². The second kappa shape index (κ2) is 5.99. The summed E-state index contributed by atoms with van der Waals surface area (Å²) >= 11 is 0. The summed E-state index contributed by atoms with van der Waals surface area (Å²) in [6, 6.07) is 0. The number of hydrogen-bond acceptors (Lipinski definition) is 4. The largest absolute Gasteiger partial charge is 0.465 e. The standard InChI is InChI=1S/C14H20N2O3/c1-3-9-5-4-6-10(7-9)12-15-8-11(13(17)16-12)14(18)19-2/h8-10H,3-7H2,1-2H3,(H,15,16,17). The predicted octanol–water partition coefficient (Wildman–Crippen LogP) is 2.24. The van der Waals surface area contributed by atoms with E-state index in [2.05, 4.69) is 21.6 Å². The molecule has 0 radical (unpaired) electrons. The molecule has 19 heavy (non-hydrogen) atoms. The predicted molar refractivity (Wildman–Crippen MR) is 71.2 cm³/mol. The molecule has 1 aliphatic rings. The van der Waals surface area contributed by atoms with Gasteiger partial charge in [0.2, 0.25) is 0 Å². The van der Waals surface area contributed by atoms with Crippen LogP contribution in [0, 0.1) is 5.92 Å². The van der Waals surface area contributed by atoms with Crippen molar-refractivity contribution in [3.63, 3.8) is 0 Å². The molecule has 1 aromatic rings. The van der Waals surface area contributed by atoms with Gasteiger partial charge in [-0.15, -0.1) is 0 Å². The molecule has 5 nitrogen and oxygen atoms in total. The van der Waals surface area contributed by atoms with Crippen molar-refractivity contribution >= 4 is 5.97 Å². The number of esters is 1. The number of ether oxygens (including phenoxy) is 1. The van der Waals surface area contributed by atoms with Gasteiger partial charge in [0.25, 0.3) is 5.56 Å². The van der Waals surface area contributed by atoms with Gasteiger partial charge in [-0.2, -0.15) is 0 Å². The van der Waals surface area contributed by atoms with Gasteiger partial charge in [0.1, 0.15) is 11.4 Å². The van der Waals surface area contributed by atoms with E-state index >= 15 is 0 Å². The van der Waals surface area contributed by atoms with Gasteiger partial charge in [0.15, 0.2) is 0 Å². The Morgan fingerprint density at radius 1 is 1.53 bits per heavy atom. The van der Waals surface area contributed by atoms with Crippen LogP contribution in [0.25, 0.3) is 0 Å². The van der Waals surface area contributed by atoms with E-state index in [1.54, 1.807) is 0 Å². The summed E-state index contributed by atoms with van der Waals surface area (Å²) in [6.45, 7) is 2.20. The number of aromatic nitrogens is 2. The Morgan fingerprint density at radius 3 is 2.95 bits per heavy atom. The number of H-pyrrole nitrogens is 1. The number of hydrogen-bond donors (Lipinski definition) is 1. The first kappa shape index (κ1) is 13.8. The van der Waals surface area contributed by atoms with Crippen molar-refractivity contribution in [3.05, 3.63) is 27.9 Å². The summed E-state index contributed by atoms with van der Waals surface area (Å²) in [5.41, 5.74) is -0.440. The van der Waals surface area contributed by atoms with Crippen LogP contribution in [0.5, 0.6) is 0 Å². The van der Waals surface area contributed by atoms with E-state index in [1.165, 1.54) is 32.6 Å². The fourth-order valence-corrected chi connectivity index (χ4v) is 2.78. The van der Waals surface area contributed by atoms with Gasteiger partial charge >= 0.3 is 5.97 Å². The number of carbonyl (C=O) groups excluding carboxylic acids is 1. The molecule has 5 heteroatoms. The van der Waals surface area contributed by atoms with Gasteiger partial charge in [-0.1, -0.05) is 26.2 Å². The zero-order chi connectivity index (χ0) is 13.8. The molecular formula is C14H20N2O3. The molecule has 0 aliphatic heterocycles. The average Bonchev–Trinajstić information content (AvgIpc) is 2.46. The molecule has 0 aromatic carbocycles. The third-order valence-corrected chi connectivity index (χ3v) is 3.97. The smallest absolute Gasteiger partial charge is 0.345 e. The molecule has 0 saturated heterocycles. The van der Waals surface area contributed by atoms with Gasteiger partial charge in [-0.25, -0.2) is 9.78 Å². The molecule has 1 saturated carbocycles. The lowest BCUT2D eigenvalue weighted by Gasteiger charge is -2.27. The number of aromatic amines is 1. The minimum absolute atomic E-state index is 0.0332. The Kier molecular flexibility index (Phi) is 4.35. The van der Waals surface area contributed by atoms with E-state index < -0.39 is 11.5 Å². The van der Waals surface area contributed by atoms with Crippen molar-refractivity contribution in [2.45, 2.75) is 44.9 Å². The van der Waals surface area contributed by atoms with Crippen LogP contribution >= 0.6 is 0 Å². The van der Waals surface area contributed by atoms with Crippen molar-refractivity contribution in [2.75, 3.05) is 7.11 Å². The fraction of sp³-hybridized carbons (Fsp3) is 0.643. The Hall–Kier alpha value is -1.65. The van der Waals surface area contributed by atoms with Crippen molar-refractivity contribution in [3.8, 4) is 0 Å². The average molecular weight is 264 g/mol. The van der Waals surface area contributed by atoms with E-state index in [0.717, 1.165) is 12.8 Å². The number of nitrogens with one attached hydrogen (secondary N) is 1. The molecule has 2 atom stereocenters. The molecule has 0 amide bonds. The number of nitrogens with zero attached hydrogens (tertiary/aromatic N) is 1. The first-order chi connectivity index (χ1) is 9.15. The summed E-state index contributed by atoms with van der Waals surface area (Å²) in [5, 5.41) is 0. The summed E-state index contributed by atoms with van der Waals surface area (Å²) in [5.74, 6) is 1.08. The highest BCUT2D eigenvalue weighted by Crippen LogP contribution is 2.35. The van der Waals surface area contributed by atoms with Crippen molar-refractivity contribution in [1.29, 1.82) is 0 Å². The fourth-order valence-electron chi connectivity index (χ4n) is 2.78.